The van der Waals surface area contributed by atoms with E-state index in [4.69, 9.17) is 0 Å². The van der Waals surface area contributed by atoms with Gasteiger partial charge in [0, 0.05) is 0 Å². The third-order valence-corrected chi connectivity index (χ3v) is 4.82. The van der Waals surface area contributed by atoms with E-state index in [2.05, 4.69) is 39.8 Å². The Kier molecular flexibility index (Phi) is 7.75. The van der Waals surface area contributed by atoms with Gasteiger partial charge in [0.05, 0.1) is 6.10 Å². The first-order valence-electron chi connectivity index (χ1n) is 8.41. The normalized spacial score (nSPS) is 30.1. The molecule has 112 valence electrons. The van der Waals surface area contributed by atoms with E-state index in [0.717, 1.165) is 12.3 Å². The molecular formula is C18H34O. The van der Waals surface area contributed by atoms with E-state index in [-0.39, 0.29) is 6.10 Å². The highest BCUT2D eigenvalue weighted by atomic mass is 16.3. The van der Waals surface area contributed by atoms with Crippen LogP contribution in [-0.4, -0.2) is 11.2 Å². The summed E-state index contributed by atoms with van der Waals surface area (Å²) in [4.78, 5) is 0. The molecule has 1 aliphatic rings. The molecule has 0 radical (unpaired) electrons. The van der Waals surface area contributed by atoms with E-state index >= 15 is 0 Å². The minimum atomic E-state index is -0.225. The van der Waals surface area contributed by atoms with Crippen molar-refractivity contribution in [3.05, 3.63) is 12.2 Å². The van der Waals surface area contributed by atoms with Crippen LogP contribution in [0.5, 0.6) is 0 Å². The minimum Gasteiger partial charge on any atom is -0.389 e. The molecule has 0 heterocycles. The topological polar surface area (TPSA) is 20.2 Å². The van der Waals surface area contributed by atoms with Crippen molar-refractivity contribution in [1.29, 1.82) is 0 Å². The molecule has 0 spiro atoms. The molecule has 0 aromatic heterocycles. The number of hydrogen-bond acceptors (Lipinski definition) is 1. The number of aliphatic hydroxyl groups is 1. The van der Waals surface area contributed by atoms with Crippen molar-refractivity contribution in [3.63, 3.8) is 0 Å². The lowest BCUT2D eigenvalue weighted by atomic mass is 9.68. The Morgan fingerprint density at radius 2 is 1.89 bits per heavy atom. The summed E-state index contributed by atoms with van der Waals surface area (Å²) >= 11 is 0. The summed E-state index contributed by atoms with van der Waals surface area (Å²) in [6.07, 6.45) is 12.8. The van der Waals surface area contributed by atoms with Gasteiger partial charge in [-0.3, -0.25) is 0 Å². The Balaban J connectivity index is 2.48. The molecule has 19 heavy (non-hydrogen) atoms. The van der Waals surface area contributed by atoms with Crippen LogP contribution in [0.15, 0.2) is 12.2 Å². The van der Waals surface area contributed by atoms with Gasteiger partial charge in [-0.05, 0) is 49.4 Å². The van der Waals surface area contributed by atoms with Crippen LogP contribution in [0.4, 0.5) is 0 Å². The lowest BCUT2D eigenvalue weighted by Gasteiger charge is -2.39. The molecule has 0 amide bonds. The van der Waals surface area contributed by atoms with E-state index < -0.39 is 0 Å². The van der Waals surface area contributed by atoms with Crippen molar-refractivity contribution < 1.29 is 5.11 Å². The van der Waals surface area contributed by atoms with Gasteiger partial charge >= 0.3 is 0 Å². The Morgan fingerprint density at radius 3 is 2.53 bits per heavy atom. The van der Waals surface area contributed by atoms with Gasteiger partial charge in [-0.15, -0.1) is 0 Å². The molecule has 1 heteroatoms. The van der Waals surface area contributed by atoms with Gasteiger partial charge in [-0.25, -0.2) is 0 Å². The summed E-state index contributed by atoms with van der Waals surface area (Å²) in [5.41, 5.74) is 0. The summed E-state index contributed by atoms with van der Waals surface area (Å²) in [6.45, 7) is 9.19. The molecule has 0 aromatic carbocycles. The van der Waals surface area contributed by atoms with Crippen LogP contribution in [-0.2, 0) is 0 Å². The van der Waals surface area contributed by atoms with Gasteiger partial charge in [0.25, 0.3) is 0 Å². The van der Waals surface area contributed by atoms with Gasteiger partial charge < -0.3 is 5.11 Å². The summed E-state index contributed by atoms with van der Waals surface area (Å²) in [5, 5.41) is 10.5. The predicted molar refractivity (Wildman–Crippen MR) is 84.1 cm³/mol. The van der Waals surface area contributed by atoms with Gasteiger partial charge in [-0.1, -0.05) is 59.1 Å². The van der Waals surface area contributed by atoms with Crippen LogP contribution in [0, 0.1) is 23.7 Å². The zero-order chi connectivity index (χ0) is 14.3. The first-order chi connectivity index (χ1) is 9.06. The zero-order valence-electron chi connectivity index (χ0n) is 13.4. The number of aliphatic hydroxyl groups excluding tert-OH is 1. The maximum absolute atomic E-state index is 10.5. The monoisotopic (exact) mass is 266 g/mol. The first-order valence-corrected chi connectivity index (χ1v) is 8.41. The summed E-state index contributed by atoms with van der Waals surface area (Å²) in [5.74, 6) is 2.65. The van der Waals surface area contributed by atoms with Crippen molar-refractivity contribution in [2.45, 2.75) is 78.7 Å². The van der Waals surface area contributed by atoms with Gasteiger partial charge in [-0.2, -0.15) is 0 Å². The molecule has 4 atom stereocenters. The maximum atomic E-state index is 10.5. The molecule has 1 nitrogen and oxygen atoms in total. The van der Waals surface area contributed by atoms with Crippen molar-refractivity contribution >= 4 is 0 Å². The lowest BCUT2D eigenvalue weighted by molar-refractivity contribution is 0.0425. The second-order valence-corrected chi connectivity index (χ2v) is 6.90. The summed E-state index contributed by atoms with van der Waals surface area (Å²) in [7, 11) is 0. The first kappa shape index (κ1) is 16.8. The van der Waals surface area contributed by atoms with E-state index in [1.807, 2.05) is 0 Å². The minimum absolute atomic E-state index is 0.225. The molecule has 0 bridgehead atoms. The SMILES string of the molecule is CCCCC/C=C/[C@H](O)[C@@H]1C[C@H](C)CC[C@H]1C(C)C. The Labute approximate surface area is 120 Å². The van der Waals surface area contributed by atoms with Crippen LogP contribution in [0.3, 0.4) is 0 Å². The molecule has 1 saturated carbocycles. The fourth-order valence-electron chi connectivity index (χ4n) is 3.56. The zero-order valence-corrected chi connectivity index (χ0v) is 13.4. The summed E-state index contributed by atoms with van der Waals surface area (Å²) < 4.78 is 0. The number of hydrogen-bond donors (Lipinski definition) is 1. The third-order valence-electron chi connectivity index (χ3n) is 4.82. The highest BCUT2D eigenvalue weighted by Gasteiger charge is 2.33. The van der Waals surface area contributed by atoms with Gasteiger partial charge in [0.1, 0.15) is 0 Å². The number of unbranched alkanes of at least 4 members (excludes halogenated alkanes) is 3. The number of rotatable bonds is 7. The van der Waals surface area contributed by atoms with Crippen molar-refractivity contribution in [1.82, 2.24) is 0 Å². The van der Waals surface area contributed by atoms with Crippen LogP contribution in [0.2, 0.25) is 0 Å². The molecule has 1 fully saturated rings. The molecule has 1 rings (SSSR count). The Hall–Kier alpha value is -0.300. The fourth-order valence-corrected chi connectivity index (χ4v) is 3.56. The molecule has 0 saturated heterocycles. The molecule has 0 aliphatic heterocycles. The largest absolute Gasteiger partial charge is 0.389 e. The second kappa shape index (κ2) is 8.79. The summed E-state index contributed by atoms with van der Waals surface area (Å²) in [6, 6.07) is 0. The lowest BCUT2D eigenvalue weighted by Crippen LogP contribution is -2.35. The fraction of sp³-hybridized carbons (Fsp3) is 0.889. The van der Waals surface area contributed by atoms with E-state index in [1.165, 1.54) is 38.5 Å². The highest BCUT2D eigenvalue weighted by Crippen LogP contribution is 2.40. The highest BCUT2D eigenvalue weighted by molar-refractivity contribution is 4.96. The Bertz CT molecular complexity index is 256. The maximum Gasteiger partial charge on any atom is 0.0751 e. The van der Waals surface area contributed by atoms with E-state index in [0.29, 0.717) is 17.8 Å². The molecule has 0 aromatic rings. The van der Waals surface area contributed by atoms with E-state index in [1.54, 1.807) is 0 Å². The van der Waals surface area contributed by atoms with Gasteiger partial charge in [0.15, 0.2) is 0 Å². The molecule has 0 unspecified atom stereocenters. The third kappa shape index (κ3) is 5.69. The second-order valence-electron chi connectivity index (χ2n) is 6.90. The van der Waals surface area contributed by atoms with Crippen LogP contribution in [0.1, 0.15) is 72.6 Å². The van der Waals surface area contributed by atoms with Crippen LogP contribution < -0.4 is 0 Å². The van der Waals surface area contributed by atoms with Crippen molar-refractivity contribution in [2.24, 2.45) is 23.7 Å². The molecule has 1 aliphatic carbocycles. The molecule has 1 N–H and O–H groups in total. The average molecular weight is 266 g/mol. The van der Waals surface area contributed by atoms with Crippen LogP contribution in [0.25, 0.3) is 0 Å². The van der Waals surface area contributed by atoms with Crippen LogP contribution >= 0.6 is 0 Å². The quantitative estimate of drug-likeness (QED) is 0.496. The van der Waals surface area contributed by atoms with Crippen molar-refractivity contribution in [2.75, 3.05) is 0 Å². The predicted octanol–water partition coefficient (Wildman–Crippen LogP) is 5.19. The van der Waals surface area contributed by atoms with E-state index in [9.17, 15) is 5.11 Å². The molecular weight excluding hydrogens is 232 g/mol. The standard InChI is InChI=1S/C18H34O/c1-5-6-7-8-9-10-18(19)17-13-15(4)11-12-16(17)14(2)3/h9-10,14-19H,5-8,11-13H2,1-4H3/b10-9+/t15-,16+,17-,18+/m1/s1. The Morgan fingerprint density at radius 1 is 1.16 bits per heavy atom. The smallest absolute Gasteiger partial charge is 0.0751 e. The average Bonchev–Trinajstić information content (AvgIpc) is 2.37. The number of allylic oxidation sites excluding steroid dienone is 1. The van der Waals surface area contributed by atoms with Gasteiger partial charge in [0.2, 0.25) is 0 Å². The van der Waals surface area contributed by atoms with Crippen molar-refractivity contribution in [3.8, 4) is 0 Å².